The van der Waals surface area contributed by atoms with Gasteiger partial charge in [0.15, 0.2) is 0 Å². The minimum atomic E-state index is -0.325. The van der Waals surface area contributed by atoms with E-state index in [0.29, 0.717) is 18.4 Å². The summed E-state index contributed by atoms with van der Waals surface area (Å²) in [6, 6.07) is 2.39. The van der Waals surface area contributed by atoms with Gasteiger partial charge in [-0.25, -0.2) is 0 Å². The maximum absolute atomic E-state index is 9.12. The molecule has 0 saturated heterocycles. The van der Waals surface area contributed by atoms with Gasteiger partial charge in [-0.05, 0) is 11.8 Å². The van der Waals surface area contributed by atoms with E-state index in [2.05, 4.69) is 33.8 Å². The Hall–Kier alpha value is -0.550. The van der Waals surface area contributed by atoms with Crippen LogP contribution in [-0.2, 0) is 4.74 Å². The number of hydrogen-bond acceptors (Lipinski definition) is 2. The van der Waals surface area contributed by atoms with E-state index >= 15 is 0 Å². The quantitative estimate of drug-likeness (QED) is 0.647. The van der Waals surface area contributed by atoms with Crippen LogP contribution in [-0.4, -0.2) is 13.7 Å². The summed E-state index contributed by atoms with van der Waals surface area (Å²) >= 11 is 0. The summed E-state index contributed by atoms with van der Waals surface area (Å²) < 4.78 is 5.10. The Kier molecular flexibility index (Phi) is 4.26. The van der Waals surface area contributed by atoms with E-state index < -0.39 is 0 Å². The van der Waals surface area contributed by atoms with Crippen molar-refractivity contribution in [3.63, 3.8) is 0 Å². The van der Waals surface area contributed by atoms with Gasteiger partial charge in [0.1, 0.15) is 0 Å². The van der Waals surface area contributed by atoms with Crippen LogP contribution in [0.1, 0.15) is 27.7 Å². The summed E-state index contributed by atoms with van der Waals surface area (Å²) in [6.45, 7) is 8.81. The first-order valence-corrected chi connectivity index (χ1v) is 4.41. The Morgan fingerprint density at radius 1 is 1.25 bits per heavy atom. The monoisotopic (exact) mass is 169 g/mol. The third-order valence-electron chi connectivity index (χ3n) is 2.65. The third-order valence-corrected chi connectivity index (χ3v) is 2.65. The second-order valence-electron chi connectivity index (χ2n) is 3.89. The van der Waals surface area contributed by atoms with Crippen LogP contribution in [0.15, 0.2) is 0 Å². The van der Waals surface area contributed by atoms with Crippen LogP contribution in [0.4, 0.5) is 0 Å². The molecule has 0 heterocycles. The molecule has 0 amide bonds. The Labute approximate surface area is 75.5 Å². The molecule has 2 heteroatoms. The predicted molar refractivity (Wildman–Crippen MR) is 49.6 cm³/mol. The molecule has 0 fully saturated rings. The number of nitriles is 1. The van der Waals surface area contributed by atoms with Gasteiger partial charge >= 0.3 is 0 Å². The van der Waals surface area contributed by atoms with Gasteiger partial charge in [-0.1, -0.05) is 27.7 Å². The SMILES string of the molecule is COCC(C#N)(C(C)C)C(C)C. The van der Waals surface area contributed by atoms with Gasteiger partial charge in [-0.15, -0.1) is 0 Å². The highest BCUT2D eigenvalue weighted by molar-refractivity contribution is 5.03. The molecule has 0 spiro atoms. The van der Waals surface area contributed by atoms with Crippen molar-refractivity contribution in [1.82, 2.24) is 0 Å². The summed E-state index contributed by atoms with van der Waals surface area (Å²) in [5.41, 5.74) is -0.325. The molecule has 0 aromatic rings. The van der Waals surface area contributed by atoms with E-state index in [-0.39, 0.29) is 5.41 Å². The Balaban J connectivity index is 4.67. The summed E-state index contributed by atoms with van der Waals surface area (Å²) in [7, 11) is 1.65. The minimum Gasteiger partial charge on any atom is -0.383 e. The number of rotatable bonds is 4. The molecule has 0 rings (SSSR count). The number of hydrogen-bond donors (Lipinski definition) is 0. The molecular formula is C10H19NO. The molecule has 12 heavy (non-hydrogen) atoms. The van der Waals surface area contributed by atoms with Crippen molar-refractivity contribution in [1.29, 1.82) is 5.26 Å². The second kappa shape index (κ2) is 4.47. The molecule has 0 N–H and O–H groups in total. The fourth-order valence-corrected chi connectivity index (χ4v) is 1.53. The zero-order valence-electron chi connectivity index (χ0n) is 8.72. The number of methoxy groups -OCH3 is 1. The zero-order chi connectivity index (χ0) is 9.78. The van der Waals surface area contributed by atoms with E-state index in [1.165, 1.54) is 0 Å². The zero-order valence-corrected chi connectivity index (χ0v) is 8.72. The normalized spacial score (nSPS) is 12.2. The van der Waals surface area contributed by atoms with Crippen molar-refractivity contribution >= 4 is 0 Å². The lowest BCUT2D eigenvalue weighted by atomic mass is 9.71. The second-order valence-corrected chi connectivity index (χ2v) is 3.89. The molecule has 0 bridgehead atoms. The van der Waals surface area contributed by atoms with Crippen molar-refractivity contribution in [3.05, 3.63) is 0 Å². The molecule has 0 aromatic carbocycles. The fraction of sp³-hybridized carbons (Fsp3) is 0.900. The average molecular weight is 169 g/mol. The van der Waals surface area contributed by atoms with Gasteiger partial charge in [-0.2, -0.15) is 5.26 Å². The third kappa shape index (κ3) is 1.98. The Bertz CT molecular complexity index is 159. The molecule has 0 unspecified atom stereocenters. The van der Waals surface area contributed by atoms with E-state index in [9.17, 15) is 0 Å². The van der Waals surface area contributed by atoms with Gasteiger partial charge in [0, 0.05) is 7.11 Å². The van der Waals surface area contributed by atoms with Crippen molar-refractivity contribution in [2.45, 2.75) is 27.7 Å². The van der Waals surface area contributed by atoms with E-state index in [1.807, 2.05) is 0 Å². The van der Waals surface area contributed by atoms with Crippen molar-refractivity contribution in [2.24, 2.45) is 17.3 Å². The molecular weight excluding hydrogens is 150 g/mol. The van der Waals surface area contributed by atoms with E-state index in [0.717, 1.165) is 0 Å². The highest BCUT2D eigenvalue weighted by Gasteiger charge is 2.37. The van der Waals surface area contributed by atoms with Crippen LogP contribution in [0.25, 0.3) is 0 Å². The van der Waals surface area contributed by atoms with Gasteiger partial charge in [0.2, 0.25) is 0 Å². The van der Waals surface area contributed by atoms with E-state index in [4.69, 9.17) is 10.00 Å². The summed E-state index contributed by atoms with van der Waals surface area (Å²) in [5, 5.41) is 9.12. The number of ether oxygens (including phenoxy) is 1. The first kappa shape index (κ1) is 11.4. The maximum atomic E-state index is 9.12. The van der Waals surface area contributed by atoms with Crippen LogP contribution in [0.2, 0.25) is 0 Å². The summed E-state index contributed by atoms with van der Waals surface area (Å²) in [6.07, 6.45) is 0. The van der Waals surface area contributed by atoms with Gasteiger partial charge in [0.25, 0.3) is 0 Å². The Morgan fingerprint density at radius 2 is 1.67 bits per heavy atom. The smallest absolute Gasteiger partial charge is 0.0852 e. The largest absolute Gasteiger partial charge is 0.383 e. The predicted octanol–water partition coefficient (Wildman–Crippen LogP) is 2.45. The van der Waals surface area contributed by atoms with Crippen LogP contribution in [0.3, 0.4) is 0 Å². The molecule has 0 aliphatic carbocycles. The molecule has 0 aromatic heterocycles. The highest BCUT2D eigenvalue weighted by atomic mass is 16.5. The fourth-order valence-electron chi connectivity index (χ4n) is 1.53. The van der Waals surface area contributed by atoms with Gasteiger partial charge in [-0.3, -0.25) is 0 Å². The Morgan fingerprint density at radius 3 is 1.75 bits per heavy atom. The summed E-state index contributed by atoms with van der Waals surface area (Å²) in [5.74, 6) is 0.671. The molecule has 2 nitrogen and oxygen atoms in total. The first-order chi connectivity index (χ1) is 5.51. The van der Waals surface area contributed by atoms with Crippen LogP contribution < -0.4 is 0 Å². The lowest BCUT2D eigenvalue weighted by Crippen LogP contribution is -2.36. The minimum absolute atomic E-state index is 0.325. The molecule has 0 aliphatic heterocycles. The standard InChI is InChI=1S/C10H19NO/c1-8(2)10(6-11,7-12-5)9(3)4/h8-9H,7H2,1-5H3. The van der Waals surface area contributed by atoms with E-state index in [1.54, 1.807) is 7.11 Å². The lowest BCUT2D eigenvalue weighted by Gasteiger charge is -2.33. The van der Waals surface area contributed by atoms with Crippen LogP contribution in [0, 0.1) is 28.6 Å². The average Bonchev–Trinajstić information content (AvgIpc) is 1.98. The first-order valence-electron chi connectivity index (χ1n) is 4.41. The van der Waals surface area contributed by atoms with Crippen molar-refractivity contribution < 1.29 is 4.74 Å². The van der Waals surface area contributed by atoms with Crippen LogP contribution >= 0.6 is 0 Å². The molecule has 0 aliphatic rings. The van der Waals surface area contributed by atoms with Crippen molar-refractivity contribution in [2.75, 3.05) is 13.7 Å². The van der Waals surface area contributed by atoms with Gasteiger partial charge in [0.05, 0.1) is 18.1 Å². The lowest BCUT2D eigenvalue weighted by molar-refractivity contribution is 0.0508. The van der Waals surface area contributed by atoms with Crippen molar-refractivity contribution in [3.8, 4) is 6.07 Å². The van der Waals surface area contributed by atoms with Gasteiger partial charge < -0.3 is 4.74 Å². The topological polar surface area (TPSA) is 33.0 Å². The molecule has 70 valence electrons. The summed E-state index contributed by atoms with van der Waals surface area (Å²) in [4.78, 5) is 0. The molecule has 0 saturated carbocycles. The highest BCUT2D eigenvalue weighted by Crippen LogP contribution is 2.35. The molecule has 0 atom stereocenters. The maximum Gasteiger partial charge on any atom is 0.0852 e. The number of nitrogens with zero attached hydrogens (tertiary/aromatic N) is 1. The molecule has 0 radical (unpaired) electrons. The van der Waals surface area contributed by atoms with Crippen LogP contribution in [0.5, 0.6) is 0 Å².